The van der Waals surface area contributed by atoms with Crippen LogP contribution in [-0.4, -0.2) is 30.5 Å². The summed E-state index contributed by atoms with van der Waals surface area (Å²) in [5, 5.41) is 5.45. The maximum Gasteiger partial charge on any atom is 0.326 e. The molecule has 152 valence electrons. The first-order valence-electron chi connectivity index (χ1n) is 9.36. The van der Waals surface area contributed by atoms with Gasteiger partial charge in [0.05, 0.1) is 0 Å². The molecule has 30 heavy (non-hydrogen) atoms. The van der Waals surface area contributed by atoms with Gasteiger partial charge >= 0.3 is 6.03 Å². The second kappa shape index (κ2) is 8.54. The Bertz CT molecular complexity index is 1120. The molecule has 0 saturated heterocycles. The molecule has 2 aromatic carbocycles. The third-order valence-electron chi connectivity index (χ3n) is 4.69. The fraction of sp³-hybridized carbons (Fsp3) is 0.136. The average Bonchev–Trinajstić information content (AvgIpc) is 3.16. The van der Waals surface area contributed by atoms with Gasteiger partial charge in [-0.05, 0) is 48.4 Å². The second-order valence-electron chi connectivity index (χ2n) is 6.69. The molecule has 1 aliphatic heterocycles. The standard InChI is InChI=1S/C22H19BrN4O3/c1-24-21(28)19-13-18(7-9-25-19)30-17-4-2-3-16(12-17)26-22(29)27-10-8-14-11-15(23)5-6-20(14)27/h2-7,9,11-13H,8,10H2,1H3,(H,24,28)(H,26,29). The first-order chi connectivity index (χ1) is 14.5. The number of benzene rings is 2. The molecule has 1 aromatic heterocycles. The fourth-order valence-electron chi connectivity index (χ4n) is 3.27. The number of pyridine rings is 1. The Morgan fingerprint density at radius 3 is 2.77 bits per heavy atom. The highest BCUT2D eigenvalue weighted by Gasteiger charge is 2.24. The van der Waals surface area contributed by atoms with E-state index >= 15 is 0 Å². The lowest BCUT2D eigenvalue weighted by molar-refractivity contribution is 0.0958. The molecule has 3 amide bonds. The number of ether oxygens (including phenoxy) is 1. The topological polar surface area (TPSA) is 83.6 Å². The Kier molecular flexibility index (Phi) is 5.67. The van der Waals surface area contributed by atoms with Crippen LogP contribution in [0.1, 0.15) is 16.1 Å². The molecule has 3 aromatic rings. The molecule has 0 unspecified atom stereocenters. The molecule has 2 heterocycles. The molecule has 8 heteroatoms. The second-order valence-corrected chi connectivity index (χ2v) is 7.61. The smallest absolute Gasteiger partial charge is 0.326 e. The summed E-state index contributed by atoms with van der Waals surface area (Å²) in [5.41, 5.74) is 2.94. The predicted molar refractivity (Wildman–Crippen MR) is 118 cm³/mol. The number of halogens is 1. The third kappa shape index (κ3) is 4.28. The van der Waals surface area contributed by atoms with Crippen LogP contribution in [0, 0.1) is 0 Å². The van der Waals surface area contributed by atoms with Gasteiger partial charge in [0.1, 0.15) is 17.2 Å². The van der Waals surface area contributed by atoms with Crippen LogP contribution < -0.4 is 20.3 Å². The number of carbonyl (C=O) groups is 2. The van der Waals surface area contributed by atoms with Gasteiger partial charge in [0.2, 0.25) is 0 Å². The van der Waals surface area contributed by atoms with E-state index in [2.05, 4.69) is 31.5 Å². The fourth-order valence-corrected chi connectivity index (χ4v) is 3.68. The maximum atomic E-state index is 12.8. The zero-order valence-corrected chi connectivity index (χ0v) is 17.8. The van der Waals surface area contributed by atoms with Crippen molar-refractivity contribution in [1.29, 1.82) is 0 Å². The molecular formula is C22H19BrN4O3. The molecule has 0 aliphatic carbocycles. The molecule has 2 N–H and O–H groups in total. The summed E-state index contributed by atoms with van der Waals surface area (Å²) in [4.78, 5) is 30.3. The van der Waals surface area contributed by atoms with E-state index in [1.807, 2.05) is 18.2 Å². The van der Waals surface area contributed by atoms with Crippen molar-refractivity contribution >= 4 is 39.2 Å². The van der Waals surface area contributed by atoms with E-state index in [-0.39, 0.29) is 17.6 Å². The van der Waals surface area contributed by atoms with Crippen molar-refractivity contribution in [3.05, 3.63) is 76.5 Å². The van der Waals surface area contributed by atoms with E-state index < -0.39 is 0 Å². The number of fused-ring (bicyclic) bond motifs is 1. The Morgan fingerprint density at radius 1 is 1.10 bits per heavy atom. The minimum Gasteiger partial charge on any atom is -0.457 e. The van der Waals surface area contributed by atoms with Crippen LogP contribution in [0.3, 0.4) is 0 Å². The summed E-state index contributed by atoms with van der Waals surface area (Å²) < 4.78 is 6.84. The highest BCUT2D eigenvalue weighted by molar-refractivity contribution is 9.10. The lowest BCUT2D eigenvalue weighted by Gasteiger charge is -2.18. The van der Waals surface area contributed by atoms with E-state index in [4.69, 9.17) is 4.74 Å². The van der Waals surface area contributed by atoms with E-state index in [9.17, 15) is 9.59 Å². The van der Waals surface area contributed by atoms with Crippen LogP contribution in [0.15, 0.2) is 65.3 Å². The predicted octanol–water partition coefficient (Wildman–Crippen LogP) is 4.59. The minimum absolute atomic E-state index is 0.195. The molecule has 0 radical (unpaired) electrons. The van der Waals surface area contributed by atoms with E-state index in [0.717, 1.165) is 22.1 Å². The minimum atomic E-state index is -0.292. The van der Waals surface area contributed by atoms with Crippen LogP contribution in [0.2, 0.25) is 0 Å². The summed E-state index contributed by atoms with van der Waals surface area (Å²) in [7, 11) is 1.54. The largest absolute Gasteiger partial charge is 0.457 e. The van der Waals surface area contributed by atoms with Crippen molar-refractivity contribution in [3.8, 4) is 11.5 Å². The molecule has 0 saturated carbocycles. The molecular weight excluding hydrogens is 448 g/mol. The maximum absolute atomic E-state index is 12.8. The number of hydrogen-bond acceptors (Lipinski definition) is 4. The Morgan fingerprint density at radius 2 is 1.93 bits per heavy atom. The monoisotopic (exact) mass is 466 g/mol. The van der Waals surface area contributed by atoms with E-state index in [0.29, 0.717) is 23.7 Å². The van der Waals surface area contributed by atoms with Crippen LogP contribution >= 0.6 is 15.9 Å². The summed E-state index contributed by atoms with van der Waals surface area (Å²) in [6.45, 7) is 0.632. The van der Waals surface area contributed by atoms with Crippen LogP contribution in [0.5, 0.6) is 11.5 Å². The third-order valence-corrected chi connectivity index (χ3v) is 5.19. The Balaban J connectivity index is 1.47. The number of urea groups is 1. The SMILES string of the molecule is CNC(=O)c1cc(Oc2cccc(NC(=O)N3CCc4cc(Br)ccc43)c2)ccn1. The Hall–Kier alpha value is -3.39. The number of carbonyl (C=O) groups excluding carboxylic acids is 2. The molecule has 0 fully saturated rings. The number of aromatic nitrogens is 1. The molecule has 4 rings (SSSR count). The van der Waals surface area contributed by atoms with Gasteiger partial charge in [-0.3, -0.25) is 14.7 Å². The van der Waals surface area contributed by atoms with E-state index in [1.54, 1.807) is 48.3 Å². The van der Waals surface area contributed by atoms with E-state index in [1.165, 1.54) is 6.20 Å². The van der Waals surface area contributed by atoms with Crippen molar-refractivity contribution in [3.63, 3.8) is 0 Å². The summed E-state index contributed by atoms with van der Waals surface area (Å²) in [6.07, 6.45) is 2.33. The highest BCUT2D eigenvalue weighted by atomic mass is 79.9. The molecule has 1 aliphatic rings. The molecule has 0 spiro atoms. The van der Waals surface area contributed by atoms with Gasteiger partial charge in [0, 0.05) is 47.8 Å². The van der Waals surface area contributed by atoms with Gasteiger partial charge in [0.25, 0.3) is 5.91 Å². The average molecular weight is 467 g/mol. The van der Waals surface area contributed by atoms with Crippen LogP contribution in [0.4, 0.5) is 16.2 Å². The van der Waals surface area contributed by atoms with Gasteiger partial charge in [-0.25, -0.2) is 4.79 Å². The number of rotatable bonds is 4. The summed E-state index contributed by atoms with van der Waals surface area (Å²) in [5.74, 6) is 0.720. The molecule has 0 atom stereocenters. The van der Waals surface area contributed by atoms with Gasteiger partial charge < -0.3 is 15.4 Å². The quantitative estimate of drug-likeness (QED) is 0.588. The lowest BCUT2D eigenvalue weighted by Crippen LogP contribution is -2.33. The van der Waals surface area contributed by atoms with Crippen molar-refractivity contribution in [1.82, 2.24) is 10.3 Å². The molecule has 7 nitrogen and oxygen atoms in total. The van der Waals surface area contributed by atoms with Crippen molar-refractivity contribution in [2.75, 3.05) is 23.8 Å². The molecule has 0 bridgehead atoms. The van der Waals surface area contributed by atoms with Crippen LogP contribution in [0.25, 0.3) is 0 Å². The van der Waals surface area contributed by atoms with Gasteiger partial charge in [-0.1, -0.05) is 22.0 Å². The number of anilines is 2. The van der Waals surface area contributed by atoms with Crippen molar-refractivity contribution in [2.45, 2.75) is 6.42 Å². The summed E-state index contributed by atoms with van der Waals surface area (Å²) >= 11 is 3.47. The van der Waals surface area contributed by atoms with Crippen molar-refractivity contribution < 1.29 is 14.3 Å². The first kappa shape index (κ1) is 19.9. The summed E-state index contributed by atoms with van der Waals surface area (Å²) in [6, 6.07) is 16.0. The van der Waals surface area contributed by atoms with Gasteiger partial charge in [-0.2, -0.15) is 0 Å². The lowest BCUT2D eigenvalue weighted by atomic mass is 10.2. The Labute approximate surface area is 182 Å². The zero-order valence-electron chi connectivity index (χ0n) is 16.2. The number of amides is 3. The zero-order chi connectivity index (χ0) is 21.1. The number of hydrogen-bond donors (Lipinski definition) is 2. The van der Waals surface area contributed by atoms with Gasteiger partial charge in [-0.15, -0.1) is 0 Å². The normalized spacial score (nSPS) is 12.3. The number of nitrogens with zero attached hydrogens (tertiary/aromatic N) is 2. The van der Waals surface area contributed by atoms with Gasteiger partial charge in [0.15, 0.2) is 0 Å². The number of nitrogens with one attached hydrogen (secondary N) is 2. The van der Waals surface area contributed by atoms with Crippen molar-refractivity contribution in [2.24, 2.45) is 0 Å². The van der Waals surface area contributed by atoms with Crippen LogP contribution in [-0.2, 0) is 6.42 Å². The first-order valence-corrected chi connectivity index (χ1v) is 10.2. The highest BCUT2D eigenvalue weighted by Crippen LogP contribution is 2.31.